The number of rotatable bonds is 5. The predicted molar refractivity (Wildman–Crippen MR) is 107 cm³/mol. The Morgan fingerprint density at radius 1 is 1.07 bits per heavy atom. The summed E-state index contributed by atoms with van der Waals surface area (Å²) in [6.07, 6.45) is 1.03. The van der Waals surface area contributed by atoms with Gasteiger partial charge in [0.1, 0.15) is 11.5 Å². The van der Waals surface area contributed by atoms with Crippen LogP contribution in [0.5, 0.6) is 11.5 Å². The van der Waals surface area contributed by atoms with Crippen LogP contribution in [0.15, 0.2) is 48.5 Å². The van der Waals surface area contributed by atoms with Crippen molar-refractivity contribution in [3.8, 4) is 11.5 Å². The average Bonchev–Trinajstić information content (AvgIpc) is 2.68. The van der Waals surface area contributed by atoms with Crippen LogP contribution in [0.3, 0.4) is 0 Å². The molecule has 1 saturated heterocycles. The van der Waals surface area contributed by atoms with Gasteiger partial charge in [-0.2, -0.15) is 0 Å². The van der Waals surface area contributed by atoms with E-state index in [0.29, 0.717) is 31.7 Å². The third-order valence-corrected chi connectivity index (χ3v) is 4.76. The molecule has 0 saturated carbocycles. The summed E-state index contributed by atoms with van der Waals surface area (Å²) in [5, 5.41) is 2.99. The van der Waals surface area contributed by atoms with Gasteiger partial charge >= 0.3 is 6.09 Å². The van der Waals surface area contributed by atoms with Crippen LogP contribution in [-0.2, 0) is 4.79 Å². The smallest absolute Gasteiger partial charge is 0.415 e. The summed E-state index contributed by atoms with van der Waals surface area (Å²) in [6, 6.07) is 14.9. The van der Waals surface area contributed by atoms with Crippen molar-refractivity contribution in [3.05, 3.63) is 59.7 Å². The SMILES string of the molecule is Cc1ccc(OCC(=O)NC2CCN(C(=O)Oc3ccccc3)CC2)c(C)c1. The van der Waals surface area contributed by atoms with E-state index < -0.39 is 0 Å². The highest BCUT2D eigenvalue weighted by Gasteiger charge is 2.25. The number of hydrogen-bond acceptors (Lipinski definition) is 4. The first-order valence-electron chi connectivity index (χ1n) is 9.52. The van der Waals surface area contributed by atoms with Crippen molar-refractivity contribution in [1.29, 1.82) is 0 Å². The first-order chi connectivity index (χ1) is 13.5. The Hall–Kier alpha value is -3.02. The standard InChI is InChI=1S/C22H26N2O4/c1-16-8-9-20(17(2)14-16)27-15-21(25)23-18-10-12-24(13-11-18)22(26)28-19-6-4-3-5-7-19/h3-9,14,18H,10-13,15H2,1-2H3,(H,23,25). The zero-order valence-corrected chi connectivity index (χ0v) is 16.3. The van der Waals surface area contributed by atoms with Crippen molar-refractivity contribution in [1.82, 2.24) is 10.2 Å². The first kappa shape index (κ1) is 19.7. The lowest BCUT2D eigenvalue weighted by atomic mass is 10.1. The van der Waals surface area contributed by atoms with Crippen molar-refractivity contribution in [2.45, 2.75) is 32.7 Å². The minimum absolute atomic E-state index is 0.0137. The first-order valence-corrected chi connectivity index (χ1v) is 9.52. The molecule has 2 aromatic rings. The number of likely N-dealkylation sites (tertiary alicyclic amines) is 1. The summed E-state index contributed by atoms with van der Waals surface area (Å²) in [5.41, 5.74) is 2.17. The molecule has 2 amide bonds. The van der Waals surface area contributed by atoms with E-state index in [4.69, 9.17) is 9.47 Å². The van der Waals surface area contributed by atoms with E-state index in [1.54, 1.807) is 17.0 Å². The van der Waals surface area contributed by atoms with Crippen molar-refractivity contribution < 1.29 is 19.1 Å². The van der Waals surface area contributed by atoms with E-state index in [2.05, 4.69) is 5.32 Å². The van der Waals surface area contributed by atoms with Gasteiger partial charge in [-0.15, -0.1) is 0 Å². The molecule has 0 bridgehead atoms. The molecule has 1 aliphatic rings. The van der Waals surface area contributed by atoms with Gasteiger partial charge < -0.3 is 19.7 Å². The van der Waals surface area contributed by atoms with Gasteiger partial charge in [0.05, 0.1) is 0 Å². The molecule has 0 spiro atoms. The fraction of sp³-hybridized carbons (Fsp3) is 0.364. The highest BCUT2D eigenvalue weighted by molar-refractivity contribution is 5.78. The molecular formula is C22H26N2O4. The molecule has 3 rings (SSSR count). The van der Waals surface area contributed by atoms with Gasteiger partial charge in [0.25, 0.3) is 5.91 Å². The number of carbonyl (C=O) groups excluding carboxylic acids is 2. The quantitative estimate of drug-likeness (QED) is 0.860. The molecule has 2 aromatic carbocycles. The number of nitrogens with one attached hydrogen (secondary N) is 1. The zero-order valence-electron chi connectivity index (χ0n) is 16.3. The molecule has 1 N–H and O–H groups in total. The summed E-state index contributed by atoms with van der Waals surface area (Å²) in [5.74, 6) is 1.11. The van der Waals surface area contributed by atoms with Crippen LogP contribution in [0.2, 0.25) is 0 Å². The van der Waals surface area contributed by atoms with Crippen molar-refractivity contribution in [2.24, 2.45) is 0 Å². The minimum atomic E-state index is -0.353. The highest BCUT2D eigenvalue weighted by Crippen LogP contribution is 2.19. The minimum Gasteiger partial charge on any atom is -0.484 e. The van der Waals surface area contributed by atoms with Crippen LogP contribution in [0, 0.1) is 13.8 Å². The van der Waals surface area contributed by atoms with Crippen molar-refractivity contribution in [3.63, 3.8) is 0 Å². The predicted octanol–water partition coefficient (Wildman–Crippen LogP) is 3.46. The zero-order chi connectivity index (χ0) is 19.9. The van der Waals surface area contributed by atoms with Gasteiger partial charge in [-0.3, -0.25) is 4.79 Å². The lowest BCUT2D eigenvalue weighted by molar-refractivity contribution is -0.124. The fourth-order valence-electron chi connectivity index (χ4n) is 3.23. The molecule has 0 aromatic heterocycles. The van der Waals surface area contributed by atoms with Crippen LogP contribution in [0.25, 0.3) is 0 Å². The Bertz CT molecular complexity index is 815. The molecule has 28 heavy (non-hydrogen) atoms. The van der Waals surface area contributed by atoms with Crippen LogP contribution < -0.4 is 14.8 Å². The molecule has 1 fully saturated rings. The Balaban J connectivity index is 1.40. The van der Waals surface area contributed by atoms with Gasteiger partial charge in [0.2, 0.25) is 0 Å². The maximum Gasteiger partial charge on any atom is 0.415 e. The number of hydrogen-bond donors (Lipinski definition) is 1. The lowest BCUT2D eigenvalue weighted by Gasteiger charge is -2.31. The second-order valence-electron chi connectivity index (χ2n) is 7.07. The molecule has 6 heteroatoms. The molecule has 1 aliphatic heterocycles. The lowest BCUT2D eigenvalue weighted by Crippen LogP contribution is -2.48. The molecule has 0 radical (unpaired) electrons. The van der Waals surface area contributed by atoms with Gasteiger partial charge in [0, 0.05) is 19.1 Å². The Morgan fingerprint density at radius 2 is 1.79 bits per heavy atom. The molecule has 6 nitrogen and oxygen atoms in total. The van der Waals surface area contributed by atoms with Gasteiger partial charge in [-0.05, 0) is 50.5 Å². The summed E-state index contributed by atoms with van der Waals surface area (Å²) < 4.78 is 11.0. The monoisotopic (exact) mass is 382 g/mol. The molecule has 0 unspecified atom stereocenters. The van der Waals surface area contributed by atoms with Crippen molar-refractivity contribution in [2.75, 3.05) is 19.7 Å². The molecule has 0 aliphatic carbocycles. The van der Waals surface area contributed by atoms with Crippen LogP contribution in [0.1, 0.15) is 24.0 Å². The summed E-state index contributed by atoms with van der Waals surface area (Å²) in [6.45, 7) is 5.07. The van der Waals surface area contributed by atoms with Gasteiger partial charge in [0.15, 0.2) is 6.61 Å². The largest absolute Gasteiger partial charge is 0.484 e. The van der Waals surface area contributed by atoms with Gasteiger partial charge in [-0.1, -0.05) is 35.9 Å². The number of para-hydroxylation sites is 1. The third kappa shape index (κ3) is 5.49. The highest BCUT2D eigenvalue weighted by atomic mass is 16.6. The second kappa shape index (κ2) is 9.26. The molecule has 148 valence electrons. The maximum atomic E-state index is 12.2. The Kier molecular flexibility index (Phi) is 6.53. The normalized spacial score (nSPS) is 14.4. The maximum absolute atomic E-state index is 12.2. The van der Waals surface area contributed by atoms with E-state index in [0.717, 1.165) is 16.9 Å². The van der Waals surface area contributed by atoms with Crippen LogP contribution in [-0.4, -0.2) is 42.6 Å². The molecule has 1 heterocycles. The summed E-state index contributed by atoms with van der Waals surface area (Å²) >= 11 is 0. The molecule has 0 atom stereocenters. The van der Waals surface area contributed by atoms with E-state index in [1.807, 2.05) is 50.2 Å². The van der Waals surface area contributed by atoms with Crippen molar-refractivity contribution >= 4 is 12.0 Å². The summed E-state index contributed by atoms with van der Waals surface area (Å²) in [4.78, 5) is 26.1. The number of amides is 2. The van der Waals surface area contributed by atoms with Gasteiger partial charge in [-0.25, -0.2) is 4.79 Å². The summed E-state index contributed by atoms with van der Waals surface area (Å²) in [7, 11) is 0. The van der Waals surface area contributed by atoms with Crippen LogP contribution >= 0.6 is 0 Å². The third-order valence-electron chi connectivity index (χ3n) is 4.76. The number of aryl methyl sites for hydroxylation is 2. The topological polar surface area (TPSA) is 67.9 Å². The van der Waals surface area contributed by atoms with E-state index >= 15 is 0 Å². The Morgan fingerprint density at radius 3 is 2.46 bits per heavy atom. The van der Waals surface area contributed by atoms with E-state index in [1.165, 1.54) is 0 Å². The number of piperidine rings is 1. The number of benzene rings is 2. The average molecular weight is 382 g/mol. The second-order valence-corrected chi connectivity index (χ2v) is 7.07. The number of nitrogens with zero attached hydrogens (tertiary/aromatic N) is 1. The Labute approximate surface area is 165 Å². The number of carbonyl (C=O) groups is 2. The van der Waals surface area contributed by atoms with Crippen LogP contribution in [0.4, 0.5) is 4.79 Å². The molecular weight excluding hydrogens is 356 g/mol. The van der Waals surface area contributed by atoms with E-state index in [-0.39, 0.29) is 24.6 Å². The number of ether oxygens (including phenoxy) is 2. The fourth-order valence-corrected chi connectivity index (χ4v) is 3.23. The van der Waals surface area contributed by atoms with E-state index in [9.17, 15) is 9.59 Å².